The molecule has 1 aromatic heterocycles. The summed E-state index contributed by atoms with van der Waals surface area (Å²) in [5, 5.41) is 12.2. The van der Waals surface area contributed by atoms with Crippen molar-refractivity contribution >= 4 is 0 Å². The molecule has 1 heterocycles. The molecule has 0 saturated carbocycles. The third kappa shape index (κ3) is 2.01. The molecule has 0 fully saturated rings. The Hall–Kier alpha value is -2.35. The lowest BCUT2D eigenvalue weighted by Gasteiger charge is -1.98. The Balaban J connectivity index is 2.25. The van der Waals surface area contributed by atoms with Crippen LogP contribution in [-0.4, -0.2) is 17.3 Å². The van der Waals surface area contributed by atoms with Crippen LogP contribution in [0.2, 0.25) is 0 Å². The first-order chi connectivity index (χ1) is 7.83. The Kier molecular flexibility index (Phi) is 2.83. The number of rotatable bonds is 3. The molecule has 5 heteroatoms. The first-order valence-corrected chi connectivity index (χ1v) is 4.67. The number of methoxy groups -OCH3 is 1. The molecule has 0 aliphatic heterocycles. The van der Waals surface area contributed by atoms with Gasteiger partial charge in [-0.3, -0.25) is 0 Å². The number of ether oxygens (including phenoxy) is 1. The van der Waals surface area contributed by atoms with Gasteiger partial charge in [0.15, 0.2) is 5.82 Å². The lowest BCUT2D eigenvalue weighted by atomic mass is 10.2. The smallest absolute Gasteiger partial charge is 0.257 e. The van der Waals surface area contributed by atoms with Gasteiger partial charge in [-0.25, -0.2) is 0 Å². The van der Waals surface area contributed by atoms with Crippen molar-refractivity contribution in [2.45, 2.75) is 6.42 Å². The van der Waals surface area contributed by atoms with Crippen molar-refractivity contribution in [1.29, 1.82) is 5.26 Å². The molecule has 0 radical (unpaired) electrons. The fourth-order valence-electron chi connectivity index (χ4n) is 1.25. The number of benzene rings is 1. The Labute approximate surface area is 92.3 Å². The van der Waals surface area contributed by atoms with Crippen LogP contribution in [0.15, 0.2) is 28.8 Å². The predicted octanol–water partition coefficient (Wildman–Crippen LogP) is 1.81. The maximum atomic E-state index is 8.48. The van der Waals surface area contributed by atoms with Crippen molar-refractivity contribution < 1.29 is 9.26 Å². The molecule has 0 atom stereocenters. The molecule has 0 aliphatic carbocycles. The van der Waals surface area contributed by atoms with E-state index in [1.165, 1.54) is 0 Å². The van der Waals surface area contributed by atoms with Gasteiger partial charge in [0.2, 0.25) is 0 Å². The van der Waals surface area contributed by atoms with E-state index in [-0.39, 0.29) is 6.42 Å². The van der Waals surface area contributed by atoms with Crippen LogP contribution in [0.5, 0.6) is 5.75 Å². The summed E-state index contributed by atoms with van der Waals surface area (Å²) in [5.74, 6) is 1.57. The lowest BCUT2D eigenvalue weighted by molar-refractivity contribution is 0.414. The van der Waals surface area contributed by atoms with Gasteiger partial charge < -0.3 is 9.26 Å². The normalized spacial score (nSPS) is 9.75. The Bertz CT molecular complexity index is 511. The van der Waals surface area contributed by atoms with Crippen LogP contribution >= 0.6 is 0 Å². The maximum absolute atomic E-state index is 8.48. The fraction of sp³-hybridized carbons (Fsp3) is 0.182. The first-order valence-electron chi connectivity index (χ1n) is 4.67. The molecule has 0 bridgehead atoms. The third-order valence-electron chi connectivity index (χ3n) is 2.04. The van der Waals surface area contributed by atoms with Crippen LogP contribution in [0.25, 0.3) is 11.5 Å². The molecule has 0 amide bonds. The molecular weight excluding hydrogens is 206 g/mol. The van der Waals surface area contributed by atoms with Crippen LogP contribution in [0.1, 0.15) is 5.82 Å². The van der Waals surface area contributed by atoms with Crippen LogP contribution < -0.4 is 4.74 Å². The van der Waals surface area contributed by atoms with Crippen molar-refractivity contribution in [2.75, 3.05) is 7.11 Å². The van der Waals surface area contributed by atoms with E-state index in [9.17, 15) is 0 Å². The molecular formula is C11H9N3O2. The van der Waals surface area contributed by atoms with Gasteiger partial charge in [-0.2, -0.15) is 10.2 Å². The van der Waals surface area contributed by atoms with E-state index in [1.807, 2.05) is 30.3 Å². The summed E-state index contributed by atoms with van der Waals surface area (Å²) in [6.45, 7) is 0. The highest BCUT2D eigenvalue weighted by molar-refractivity contribution is 5.54. The SMILES string of the molecule is COc1ccc(-c2nc(CC#N)no2)cc1. The average molecular weight is 215 g/mol. The number of nitriles is 1. The molecule has 5 nitrogen and oxygen atoms in total. The molecule has 2 aromatic rings. The van der Waals surface area contributed by atoms with Gasteiger partial charge >= 0.3 is 0 Å². The highest BCUT2D eigenvalue weighted by atomic mass is 16.5. The van der Waals surface area contributed by atoms with Crippen molar-refractivity contribution in [3.05, 3.63) is 30.1 Å². The van der Waals surface area contributed by atoms with Crippen molar-refractivity contribution in [1.82, 2.24) is 10.1 Å². The van der Waals surface area contributed by atoms with E-state index >= 15 is 0 Å². The van der Waals surface area contributed by atoms with Crippen molar-refractivity contribution in [3.63, 3.8) is 0 Å². The Morgan fingerprint density at radius 1 is 1.38 bits per heavy atom. The van der Waals surface area contributed by atoms with E-state index in [0.717, 1.165) is 11.3 Å². The number of aromatic nitrogens is 2. The molecule has 16 heavy (non-hydrogen) atoms. The molecule has 0 aliphatic rings. The predicted molar refractivity (Wildman–Crippen MR) is 55.6 cm³/mol. The van der Waals surface area contributed by atoms with E-state index in [4.69, 9.17) is 14.5 Å². The second-order valence-corrected chi connectivity index (χ2v) is 3.08. The molecule has 0 saturated heterocycles. The molecule has 1 aromatic carbocycles. The van der Waals surface area contributed by atoms with E-state index in [2.05, 4.69) is 10.1 Å². The van der Waals surface area contributed by atoms with Gasteiger partial charge in [0, 0.05) is 5.56 Å². The summed E-state index contributed by atoms with van der Waals surface area (Å²) in [6.07, 6.45) is 0.152. The summed E-state index contributed by atoms with van der Waals surface area (Å²) in [6, 6.07) is 9.22. The quantitative estimate of drug-likeness (QED) is 0.780. The minimum Gasteiger partial charge on any atom is -0.497 e. The first kappa shape index (κ1) is 10.2. The zero-order chi connectivity index (χ0) is 11.4. The van der Waals surface area contributed by atoms with Crippen LogP contribution in [0.4, 0.5) is 0 Å². The van der Waals surface area contributed by atoms with Crippen molar-refractivity contribution in [2.24, 2.45) is 0 Å². The Morgan fingerprint density at radius 2 is 2.12 bits per heavy atom. The van der Waals surface area contributed by atoms with E-state index in [0.29, 0.717) is 11.7 Å². The summed E-state index contributed by atoms with van der Waals surface area (Å²) in [7, 11) is 1.60. The third-order valence-corrected chi connectivity index (χ3v) is 2.04. The largest absolute Gasteiger partial charge is 0.497 e. The summed E-state index contributed by atoms with van der Waals surface area (Å²) in [5.41, 5.74) is 0.803. The van der Waals surface area contributed by atoms with Gasteiger partial charge in [-0.05, 0) is 24.3 Å². The lowest BCUT2D eigenvalue weighted by Crippen LogP contribution is -1.85. The highest BCUT2D eigenvalue weighted by Gasteiger charge is 2.08. The minimum atomic E-state index is 0.152. The second-order valence-electron chi connectivity index (χ2n) is 3.08. The molecule has 0 spiro atoms. The van der Waals surface area contributed by atoms with E-state index in [1.54, 1.807) is 7.11 Å². The van der Waals surface area contributed by atoms with Gasteiger partial charge in [0.1, 0.15) is 5.75 Å². The zero-order valence-electron chi connectivity index (χ0n) is 8.67. The summed E-state index contributed by atoms with van der Waals surface area (Å²) in [4.78, 5) is 4.08. The summed E-state index contributed by atoms with van der Waals surface area (Å²) < 4.78 is 10.1. The second kappa shape index (κ2) is 4.45. The highest BCUT2D eigenvalue weighted by Crippen LogP contribution is 2.20. The average Bonchev–Trinajstić information content (AvgIpc) is 2.78. The molecule has 80 valence electrons. The zero-order valence-corrected chi connectivity index (χ0v) is 8.67. The topological polar surface area (TPSA) is 71.9 Å². The minimum absolute atomic E-state index is 0.152. The van der Waals surface area contributed by atoms with Crippen molar-refractivity contribution in [3.8, 4) is 23.3 Å². The fourth-order valence-corrected chi connectivity index (χ4v) is 1.25. The van der Waals surface area contributed by atoms with Crippen LogP contribution in [-0.2, 0) is 6.42 Å². The standard InChI is InChI=1S/C11H9N3O2/c1-15-9-4-2-8(3-5-9)11-13-10(6-7-12)14-16-11/h2-5H,6H2,1H3. The van der Waals surface area contributed by atoms with Crippen LogP contribution in [0.3, 0.4) is 0 Å². The van der Waals surface area contributed by atoms with Gasteiger partial charge in [0.05, 0.1) is 19.6 Å². The van der Waals surface area contributed by atoms with Gasteiger partial charge in [-0.15, -0.1) is 0 Å². The van der Waals surface area contributed by atoms with Gasteiger partial charge in [-0.1, -0.05) is 5.16 Å². The number of hydrogen-bond donors (Lipinski definition) is 0. The van der Waals surface area contributed by atoms with E-state index < -0.39 is 0 Å². The monoisotopic (exact) mass is 215 g/mol. The Morgan fingerprint density at radius 3 is 2.75 bits per heavy atom. The summed E-state index contributed by atoms with van der Waals surface area (Å²) >= 11 is 0. The molecule has 0 unspecified atom stereocenters. The molecule has 0 N–H and O–H groups in total. The maximum Gasteiger partial charge on any atom is 0.257 e. The number of hydrogen-bond acceptors (Lipinski definition) is 5. The molecule has 2 rings (SSSR count). The van der Waals surface area contributed by atoms with Gasteiger partial charge in [0.25, 0.3) is 5.89 Å². The number of nitrogens with zero attached hydrogens (tertiary/aromatic N) is 3. The van der Waals surface area contributed by atoms with Crippen LogP contribution in [0, 0.1) is 11.3 Å².